The zero-order chi connectivity index (χ0) is 16.0. The molecule has 120 valence electrons. The SMILES string of the molecule is CS(=O)(=O)c1ccc(/C=C/C(=O)CCN2CCOCC2)cc1. The molecule has 1 saturated heterocycles. The molecule has 22 heavy (non-hydrogen) atoms. The van der Waals surface area contributed by atoms with E-state index in [4.69, 9.17) is 4.74 Å². The van der Waals surface area contributed by atoms with Gasteiger partial charge in [-0.05, 0) is 23.8 Å². The van der Waals surface area contributed by atoms with Crippen LogP contribution in [0, 0.1) is 0 Å². The first-order chi connectivity index (χ1) is 10.4. The van der Waals surface area contributed by atoms with Crippen LogP contribution in [0.2, 0.25) is 0 Å². The molecule has 6 heteroatoms. The van der Waals surface area contributed by atoms with Crippen molar-refractivity contribution in [3.8, 4) is 0 Å². The Hall–Kier alpha value is -1.50. The highest BCUT2D eigenvalue weighted by molar-refractivity contribution is 7.90. The van der Waals surface area contributed by atoms with Gasteiger partial charge in [0.25, 0.3) is 0 Å². The minimum Gasteiger partial charge on any atom is -0.379 e. The summed E-state index contributed by atoms with van der Waals surface area (Å²) >= 11 is 0. The number of hydrogen-bond donors (Lipinski definition) is 0. The molecule has 1 aromatic rings. The highest BCUT2D eigenvalue weighted by atomic mass is 32.2. The molecular weight excluding hydrogens is 302 g/mol. The minimum absolute atomic E-state index is 0.0682. The maximum atomic E-state index is 11.8. The average Bonchev–Trinajstić information content (AvgIpc) is 2.51. The molecule has 0 unspecified atom stereocenters. The third-order valence-corrected chi connectivity index (χ3v) is 4.68. The number of nitrogens with zero attached hydrogens (tertiary/aromatic N) is 1. The minimum atomic E-state index is -3.18. The molecule has 0 amide bonds. The van der Waals surface area contributed by atoms with Crippen molar-refractivity contribution in [1.29, 1.82) is 0 Å². The molecule has 1 aromatic carbocycles. The van der Waals surface area contributed by atoms with Crippen molar-refractivity contribution in [3.05, 3.63) is 35.9 Å². The lowest BCUT2D eigenvalue weighted by atomic mass is 10.1. The number of carbonyl (C=O) groups excluding carboxylic acids is 1. The number of morpholine rings is 1. The van der Waals surface area contributed by atoms with Crippen LogP contribution in [0.1, 0.15) is 12.0 Å². The van der Waals surface area contributed by atoms with E-state index in [-0.39, 0.29) is 10.7 Å². The smallest absolute Gasteiger partial charge is 0.175 e. The molecule has 0 saturated carbocycles. The molecule has 1 aliphatic rings. The molecule has 0 spiro atoms. The van der Waals surface area contributed by atoms with E-state index in [0.29, 0.717) is 6.42 Å². The summed E-state index contributed by atoms with van der Waals surface area (Å²) in [6, 6.07) is 6.49. The van der Waals surface area contributed by atoms with E-state index in [1.807, 2.05) is 0 Å². The lowest BCUT2D eigenvalue weighted by Crippen LogP contribution is -2.37. The van der Waals surface area contributed by atoms with Gasteiger partial charge in [-0.3, -0.25) is 9.69 Å². The zero-order valence-corrected chi connectivity index (χ0v) is 13.5. The average molecular weight is 323 g/mol. The van der Waals surface area contributed by atoms with Gasteiger partial charge in [-0.15, -0.1) is 0 Å². The fourth-order valence-corrected chi connectivity index (χ4v) is 2.82. The van der Waals surface area contributed by atoms with Crippen molar-refractivity contribution in [1.82, 2.24) is 4.90 Å². The molecule has 1 aliphatic heterocycles. The van der Waals surface area contributed by atoms with E-state index >= 15 is 0 Å². The lowest BCUT2D eigenvalue weighted by molar-refractivity contribution is -0.115. The van der Waals surface area contributed by atoms with Gasteiger partial charge in [0.15, 0.2) is 15.6 Å². The van der Waals surface area contributed by atoms with Gasteiger partial charge < -0.3 is 4.74 Å². The Kier molecular flexibility index (Phi) is 5.88. The Bertz CT molecular complexity index is 629. The topological polar surface area (TPSA) is 63.7 Å². The van der Waals surface area contributed by atoms with Gasteiger partial charge in [0.05, 0.1) is 18.1 Å². The first-order valence-electron chi connectivity index (χ1n) is 7.26. The summed E-state index contributed by atoms with van der Waals surface area (Å²) in [6.45, 7) is 3.97. The van der Waals surface area contributed by atoms with E-state index in [1.165, 1.54) is 6.26 Å². The second-order valence-electron chi connectivity index (χ2n) is 5.34. The Morgan fingerprint density at radius 3 is 2.45 bits per heavy atom. The van der Waals surface area contributed by atoms with Crippen molar-refractivity contribution in [3.63, 3.8) is 0 Å². The number of allylic oxidation sites excluding steroid dienone is 1. The number of carbonyl (C=O) groups is 1. The molecule has 0 bridgehead atoms. The summed E-state index contributed by atoms with van der Waals surface area (Å²) in [4.78, 5) is 14.3. The van der Waals surface area contributed by atoms with Crippen molar-refractivity contribution < 1.29 is 17.9 Å². The van der Waals surface area contributed by atoms with Crippen LogP contribution in [0.4, 0.5) is 0 Å². The normalized spacial score (nSPS) is 17.0. The predicted molar refractivity (Wildman–Crippen MR) is 85.5 cm³/mol. The van der Waals surface area contributed by atoms with Gasteiger partial charge in [0, 0.05) is 32.3 Å². The highest BCUT2D eigenvalue weighted by Crippen LogP contribution is 2.11. The maximum Gasteiger partial charge on any atom is 0.175 e. The number of hydrogen-bond acceptors (Lipinski definition) is 5. The van der Waals surface area contributed by atoms with Gasteiger partial charge in [-0.25, -0.2) is 8.42 Å². The molecule has 0 N–H and O–H groups in total. The van der Waals surface area contributed by atoms with E-state index in [9.17, 15) is 13.2 Å². The van der Waals surface area contributed by atoms with E-state index < -0.39 is 9.84 Å². The van der Waals surface area contributed by atoms with Crippen LogP contribution in [0.25, 0.3) is 6.08 Å². The van der Waals surface area contributed by atoms with Crippen LogP contribution in [0.15, 0.2) is 35.2 Å². The van der Waals surface area contributed by atoms with Crippen LogP contribution in [-0.2, 0) is 19.4 Å². The Morgan fingerprint density at radius 1 is 1.23 bits per heavy atom. The maximum absolute atomic E-state index is 11.8. The third kappa shape index (κ3) is 5.36. The molecular formula is C16H21NO4S. The van der Waals surface area contributed by atoms with Crippen LogP contribution in [0.5, 0.6) is 0 Å². The highest BCUT2D eigenvalue weighted by Gasteiger charge is 2.10. The Labute approximate surface area is 131 Å². The quantitative estimate of drug-likeness (QED) is 0.740. The van der Waals surface area contributed by atoms with Gasteiger partial charge in [-0.1, -0.05) is 18.2 Å². The second-order valence-corrected chi connectivity index (χ2v) is 7.36. The van der Waals surface area contributed by atoms with Gasteiger partial charge in [0.1, 0.15) is 0 Å². The summed E-state index contributed by atoms with van der Waals surface area (Å²) < 4.78 is 28.0. The summed E-state index contributed by atoms with van der Waals surface area (Å²) in [5.74, 6) is 0.0682. The fourth-order valence-electron chi connectivity index (χ4n) is 2.19. The first-order valence-corrected chi connectivity index (χ1v) is 9.15. The van der Waals surface area contributed by atoms with Gasteiger partial charge in [-0.2, -0.15) is 0 Å². The molecule has 0 aromatic heterocycles. The number of ether oxygens (including phenoxy) is 1. The third-order valence-electron chi connectivity index (χ3n) is 3.55. The van der Waals surface area contributed by atoms with Crippen molar-refractivity contribution in [2.45, 2.75) is 11.3 Å². The number of ketones is 1. The van der Waals surface area contributed by atoms with Crippen molar-refractivity contribution >= 4 is 21.7 Å². The van der Waals surface area contributed by atoms with Crippen molar-refractivity contribution in [2.24, 2.45) is 0 Å². The number of sulfone groups is 1. The monoisotopic (exact) mass is 323 g/mol. The van der Waals surface area contributed by atoms with Gasteiger partial charge in [0.2, 0.25) is 0 Å². The Balaban J connectivity index is 1.84. The van der Waals surface area contributed by atoms with Crippen molar-refractivity contribution in [2.75, 3.05) is 39.1 Å². The molecule has 1 heterocycles. The van der Waals surface area contributed by atoms with E-state index in [0.717, 1.165) is 38.4 Å². The summed E-state index contributed by atoms with van der Waals surface area (Å²) in [5, 5.41) is 0. The lowest BCUT2D eigenvalue weighted by Gasteiger charge is -2.25. The molecule has 0 atom stereocenters. The standard InChI is InChI=1S/C16H21NO4S/c1-22(19,20)16-6-3-14(4-7-16)2-5-15(18)8-9-17-10-12-21-13-11-17/h2-7H,8-13H2,1H3/b5-2+. The summed E-state index contributed by atoms with van der Waals surface area (Å²) in [5.41, 5.74) is 0.812. The molecule has 0 aliphatic carbocycles. The number of rotatable bonds is 6. The summed E-state index contributed by atoms with van der Waals surface area (Å²) in [6.07, 6.45) is 4.93. The Morgan fingerprint density at radius 2 is 1.86 bits per heavy atom. The van der Waals surface area contributed by atoms with Crippen LogP contribution in [0.3, 0.4) is 0 Å². The fraction of sp³-hybridized carbons (Fsp3) is 0.438. The van der Waals surface area contributed by atoms with E-state index in [2.05, 4.69) is 4.90 Å². The number of benzene rings is 1. The zero-order valence-electron chi connectivity index (χ0n) is 12.7. The van der Waals surface area contributed by atoms with Crippen LogP contribution < -0.4 is 0 Å². The van der Waals surface area contributed by atoms with Gasteiger partial charge >= 0.3 is 0 Å². The molecule has 0 radical (unpaired) electrons. The molecule has 1 fully saturated rings. The van der Waals surface area contributed by atoms with Crippen LogP contribution in [-0.4, -0.2) is 58.2 Å². The molecule has 5 nitrogen and oxygen atoms in total. The summed E-state index contributed by atoms with van der Waals surface area (Å²) in [7, 11) is -3.18. The second kappa shape index (κ2) is 7.67. The first kappa shape index (κ1) is 16.9. The predicted octanol–water partition coefficient (Wildman–Crippen LogP) is 1.39. The largest absolute Gasteiger partial charge is 0.379 e. The van der Waals surface area contributed by atoms with Crippen LogP contribution >= 0.6 is 0 Å². The molecule has 2 rings (SSSR count). The van der Waals surface area contributed by atoms with E-state index in [1.54, 1.807) is 36.4 Å².